The van der Waals surface area contributed by atoms with Crippen molar-refractivity contribution < 1.29 is 4.74 Å². The highest BCUT2D eigenvalue weighted by Gasteiger charge is 2.41. The summed E-state index contributed by atoms with van der Waals surface area (Å²) in [6.07, 6.45) is 9.14. The first kappa shape index (κ1) is 17.8. The Bertz CT molecular complexity index is 902. The van der Waals surface area contributed by atoms with Crippen molar-refractivity contribution in [1.82, 2.24) is 25.1 Å². The number of anilines is 1. The summed E-state index contributed by atoms with van der Waals surface area (Å²) in [7, 11) is 2.18. The maximum atomic E-state index is 6.27. The molecular formula is C21H28N6O. The Kier molecular flexibility index (Phi) is 4.25. The molecule has 5 rings (SSSR count). The molecule has 2 atom stereocenters. The summed E-state index contributed by atoms with van der Waals surface area (Å²) < 4.78 is 6.27. The van der Waals surface area contributed by atoms with Crippen LogP contribution >= 0.6 is 0 Å². The van der Waals surface area contributed by atoms with Gasteiger partial charge in [0.1, 0.15) is 17.8 Å². The van der Waals surface area contributed by atoms with Crippen LogP contribution in [-0.2, 0) is 11.2 Å². The molecule has 2 fully saturated rings. The van der Waals surface area contributed by atoms with Crippen molar-refractivity contribution in [3.63, 3.8) is 0 Å². The van der Waals surface area contributed by atoms with Gasteiger partial charge in [0.25, 0.3) is 0 Å². The highest BCUT2D eigenvalue weighted by molar-refractivity contribution is 5.69. The molecule has 0 amide bonds. The van der Waals surface area contributed by atoms with Crippen LogP contribution in [0.15, 0.2) is 18.5 Å². The van der Waals surface area contributed by atoms with E-state index in [9.17, 15) is 0 Å². The first-order valence-corrected chi connectivity index (χ1v) is 10.2. The van der Waals surface area contributed by atoms with Crippen LogP contribution in [0.25, 0.3) is 17.5 Å². The Morgan fingerprint density at radius 3 is 2.89 bits per heavy atom. The van der Waals surface area contributed by atoms with Crippen LogP contribution in [0.1, 0.15) is 37.9 Å². The van der Waals surface area contributed by atoms with Crippen LogP contribution in [0.4, 0.5) is 5.82 Å². The third-order valence-corrected chi connectivity index (χ3v) is 6.35. The van der Waals surface area contributed by atoms with Gasteiger partial charge in [-0.3, -0.25) is 5.10 Å². The topological polar surface area (TPSA) is 70.2 Å². The number of H-pyrrole nitrogens is 1. The van der Waals surface area contributed by atoms with E-state index in [0.717, 1.165) is 61.8 Å². The second-order valence-corrected chi connectivity index (χ2v) is 8.67. The molecule has 1 saturated carbocycles. The molecule has 2 aliphatic carbocycles. The Hall–Kier alpha value is -2.25. The summed E-state index contributed by atoms with van der Waals surface area (Å²) in [5, 5.41) is 7.74. The van der Waals surface area contributed by atoms with E-state index < -0.39 is 0 Å². The van der Waals surface area contributed by atoms with Crippen molar-refractivity contribution >= 4 is 11.9 Å². The minimum absolute atomic E-state index is 0.0661. The van der Waals surface area contributed by atoms with Gasteiger partial charge in [0.05, 0.1) is 23.1 Å². The van der Waals surface area contributed by atoms with Gasteiger partial charge in [-0.2, -0.15) is 5.10 Å². The SMILES string of the molecule is C[C@H]1CN(c2cc(-c3n[nH]c4c3C[C@@H](OC3(C)CC3)C=C4)ncn2)CCN1C. The molecule has 0 radical (unpaired) electrons. The molecule has 0 unspecified atom stereocenters. The van der Waals surface area contributed by atoms with Crippen LogP contribution in [0.5, 0.6) is 0 Å². The monoisotopic (exact) mass is 380 g/mol. The normalized spacial score (nSPS) is 26.3. The number of piperazine rings is 1. The predicted molar refractivity (Wildman–Crippen MR) is 109 cm³/mol. The van der Waals surface area contributed by atoms with Gasteiger partial charge in [-0.15, -0.1) is 0 Å². The molecule has 148 valence electrons. The molecule has 1 aliphatic heterocycles. The van der Waals surface area contributed by atoms with Crippen molar-refractivity contribution in [2.45, 2.75) is 50.9 Å². The lowest BCUT2D eigenvalue weighted by molar-refractivity contribution is 0.00641. The first-order chi connectivity index (χ1) is 13.5. The van der Waals surface area contributed by atoms with E-state index in [2.05, 4.69) is 69.1 Å². The number of aromatic nitrogens is 4. The molecule has 1 N–H and O–H groups in total. The fourth-order valence-electron chi connectivity index (χ4n) is 4.05. The van der Waals surface area contributed by atoms with Crippen LogP contribution in [0.3, 0.4) is 0 Å². The average molecular weight is 380 g/mol. The van der Waals surface area contributed by atoms with E-state index in [1.807, 2.05) is 0 Å². The summed E-state index contributed by atoms with van der Waals surface area (Å²) >= 11 is 0. The number of hydrogen-bond donors (Lipinski definition) is 1. The summed E-state index contributed by atoms with van der Waals surface area (Å²) in [4.78, 5) is 13.8. The van der Waals surface area contributed by atoms with E-state index in [4.69, 9.17) is 4.74 Å². The number of likely N-dealkylation sites (N-methyl/N-ethyl adjacent to an activating group) is 1. The maximum Gasteiger partial charge on any atom is 0.132 e. The lowest BCUT2D eigenvalue weighted by Crippen LogP contribution is -2.50. The highest BCUT2D eigenvalue weighted by Crippen LogP contribution is 2.41. The minimum Gasteiger partial charge on any atom is -0.368 e. The van der Waals surface area contributed by atoms with Gasteiger partial charge in [0.15, 0.2) is 0 Å². The lowest BCUT2D eigenvalue weighted by Gasteiger charge is -2.38. The number of nitrogens with zero attached hydrogens (tertiary/aromatic N) is 5. The molecule has 28 heavy (non-hydrogen) atoms. The van der Waals surface area contributed by atoms with Crippen LogP contribution in [0, 0.1) is 0 Å². The minimum atomic E-state index is 0.0661. The zero-order valence-corrected chi connectivity index (χ0v) is 16.9. The molecule has 3 heterocycles. The summed E-state index contributed by atoms with van der Waals surface area (Å²) in [5.41, 5.74) is 4.11. The predicted octanol–water partition coefficient (Wildman–Crippen LogP) is 2.51. The summed E-state index contributed by atoms with van der Waals surface area (Å²) in [6, 6.07) is 2.59. The van der Waals surface area contributed by atoms with Gasteiger partial charge in [-0.1, -0.05) is 6.08 Å². The Labute approximate surface area is 165 Å². The van der Waals surface area contributed by atoms with Gasteiger partial charge >= 0.3 is 0 Å². The van der Waals surface area contributed by atoms with Crippen LogP contribution in [0.2, 0.25) is 0 Å². The molecular weight excluding hydrogens is 352 g/mol. The van der Waals surface area contributed by atoms with Crippen LogP contribution in [-0.4, -0.2) is 69.5 Å². The molecule has 1 saturated heterocycles. The van der Waals surface area contributed by atoms with Gasteiger partial charge in [-0.25, -0.2) is 9.97 Å². The quantitative estimate of drug-likeness (QED) is 0.879. The largest absolute Gasteiger partial charge is 0.368 e. The number of fused-ring (bicyclic) bond motifs is 1. The van der Waals surface area contributed by atoms with Crippen molar-refractivity contribution in [1.29, 1.82) is 0 Å². The molecule has 0 aromatic carbocycles. The van der Waals surface area contributed by atoms with Gasteiger partial charge < -0.3 is 14.5 Å². The second-order valence-electron chi connectivity index (χ2n) is 8.67. The van der Waals surface area contributed by atoms with Gasteiger partial charge in [0.2, 0.25) is 0 Å². The standard InChI is InChI=1S/C21H28N6O/c1-14-12-27(9-8-26(14)3)19-11-18(22-13-23-19)20-16-10-15(28-21(2)6-7-21)4-5-17(16)24-25-20/h4-5,11,13-15H,6-10,12H2,1-3H3,(H,24,25)/t14-,15-/m0/s1. The molecule has 2 aromatic rings. The van der Waals surface area contributed by atoms with Gasteiger partial charge in [0, 0.05) is 43.7 Å². The van der Waals surface area contributed by atoms with E-state index in [-0.39, 0.29) is 11.7 Å². The second kappa shape index (κ2) is 6.67. The van der Waals surface area contributed by atoms with E-state index in [1.54, 1.807) is 6.33 Å². The Morgan fingerprint density at radius 1 is 1.25 bits per heavy atom. The number of nitrogens with one attached hydrogen (secondary N) is 1. The zero-order chi connectivity index (χ0) is 19.3. The van der Waals surface area contributed by atoms with Crippen molar-refractivity contribution in [3.05, 3.63) is 29.7 Å². The van der Waals surface area contributed by atoms with Crippen molar-refractivity contribution in [2.75, 3.05) is 31.6 Å². The zero-order valence-electron chi connectivity index (χ0n) is 16.9. The summed E-state index contributed by atoms with van der Waals surface area (Å²) in [6.45, 7) is 7.45. The van der Waals surface area contributed by atoms with E-state index in [1.165, 1.54) is 5.56 Å². The third kappa shape index (κ3) is 3.33. The van der Waals surface area contributed by atoms with Crippen LogP contribution < -0.4 is 4.90 Å². The molecule has 3 aliphatic rings. The van der Waals surface area contributed by atoms with Crippen molar-refractivity contribution in [3.8, 4) is 11.4 Å². The fourth-order valence-corrected chi connectivity index (χ4v) is 4.05. The molecule has 7 nitrogen and oxygen atoms in total. The van der Waals surface area contributed by atoms with Crippen molar-refractivity contribution in [2.24, 2.45) is 0 Å². The number of rotatable bonds is 4. The number of aromatic amines is 1. The summed E-state index contributed by atoms with van der Waals surface area (Å²) in [5.74, 6) is 0.978. The Morgan fingerprint density at radius 2 is 2.11 bits per heavy atom. The lowest BCUT2D eigenvalue weighted by atomic mass is 9.98. The molecule has 2 aromatic heterocycles. The van der Waals surface area contributed by atoms with Gasteiger partial charge in [-0.05, 0) is 39.8 Å². The molecule has 0 spiro atoms. The maximum absolute atomic E-state index is 6.27. The highest BCUT2D eigenvalue weighted by atomic mass is 16.5. The fraction of sp³-hybridized carbons (Fsp3) is 0.571. The van der Waals surface area contributed by atoms with E-state index >= 15 is 0 Å². The first-order valence-electron chi connectivity index (χ1n) is 10.2. The third-order valence-electron chi connectivity index (χ3n) is 6.35. The smallest absolute Gasteiger partial charge is 0.132 e. The average Bonchev–Trinajstić information content (AvgIpc) is 3.26. The Balaban J connectivity index is 1.39. The van der Waals surface area contributed by atoms with E-state index in [0.29, 0.717) is 6.04 Å². The number of ether oxygens (including phenoxy) is 1. The molecule has 0 bridgehead atoms. The molecule has 7 heteroatoms. The number of hydrogen-bond acceptors (Lipinski definition) is 6.